The van der Waals surface area contributed by atoms with Gasteiger partial charge < -0.3 is 4.89 Å². The Bertz CT molecular complexity index is 162. The van der Waals surface area contributed by atoms with E-state index in [2.05, 4.69) is 15.7 Å². The van der Waals surface area contributed by atoms with Crippen LogP contribution in [0.4, 0.5) is 4.53 Å². The van der Waals surface area contributed by atoms with Crippen LogP contribution in [-0.2, 0) is 13.8 Å². The molecule has 4 nitrogen and oxygen atoms in total. The monoisotopic (exact) mass is 154 g/mol. The fourth-order valence-corrected chi connectivity index (χ4v) is 0.416. The van der Waals surface area contributed by atoms with Gasteiger partial charge in [0.15, 0.2) is 0 Å². The maximum atomic E-state index is 10.9. The Balaban J connectivity index is 3.63. The van der Waals surface area contributed by atoms with Gasteiger partial charge in [-0.25, -0.2) is 4.57 Å². The minimum absolute atomic E-state index is 0.461. The van der Waals surface area contributed by atoms with Crippen LogP contribution in [0.2, 0.25) is 0 Å². The Morgan fingerprint density at radius 1 is 1.89 bits per heavy atom. The van der Waals surface area contributed by atoms with Crippen molar-refractivity contribution in [3.8, 4) is 12.3 Å². The maximum Gasteiger partial charge on any atom is 0.504 e. The summed E-state index contributed by atoms with van der Waals surface area (Å²) in [6.07, 6.45) is 4.61. The average molecular weight is 154 g/mol. The molecule has 0 rings (SSSR count). The van der Waals surface area contributed by atoms with Crippen LogP contribution in [0.3, 0.4) is 0 Å². The SMILES string of the molecule is C#CCOP(=O)(O)OF. The first-order valence-corrected chi connectivity index (χ1v) is 3.33. The second-order valence-corrected chi connectivity index (χ2v) is 2.35. The van der Waals surface area contributed by atoms with E-state index in [1.807, 2.05) is 5.92 Å². The molecule has 1 unspecified atom stereocenters. The third kappa shape index (κ3) is 4.13. The molecule has 0 spiro atoms. The molecular formula is C3H4FO4P. The Labute approximate surface area is 51.1 Å². The van der Waals surface area contributed by atoms with E-state index in [-0.39, 0.29) is 0 Å². The predicted molar refractivity (Wildman–Crippen MR) is 26.8 cm³/mol. The summed E-state index contributed by atoms with van der Waals surface area (Å²) in [5.74, 6) is 1.86. The Kier molecular flexibility index (Phi) is 3.43. The van der Waals surface area contributed by atoms with Crippen molar-refractivity contribution in [1.29, 1.82) is 0 Å². The standard InChI is InChI=1S/C3H4FO4P/c1-2-3-7-9(5,6)8-4/h1H,3H2,(H,5,6). The van der Waals surface area contributed by atoms with Gasteiger partial charge in [-0.2, -0.15) is 0 Å². The summed E-state index contributed by atoms with van der Waals surface area (Å²) in [5, 5.41) is 0. The van der Waals surface area contributed by atoms with E-state index in [1.54, 1.807) is 0 Å². The van der Waals surface area contributed by atoms with Crippen molar-refractivity contribution < 1.29 is 23.2 Å². The molecule has 0 aliphatic heterocycles. The van der Waals surface area contributed by atoms with Gasteiger partial charge in [-0.05, 0) is 4.53 Å². The summed E-state index contributed by atoms with van der Waals surface area (Å²) in [4.78, 5) is 8.09. The van der Waals surface area contributed by atoms with Gasteiger partial charge in [0, 0.05) is 0 Å². The molecule has 0 aromatic carbocycles. The van der Waals surface area contributed by atoms with Crippen molar-refractivity contribution in [3.05, 3.63) is 0 Å². The number of hydrogen-bond donors (Lipinski definition) is 1. The predicted octanol–water partition coefficient (Wildman–Crippen LogP) is 0.638. The molecule has 0 bridgehead atoms. The summed E-state index contributed by atoms with van der Waals surface area (Å²) < 4.78 is 27.2. The number of hydrogen-bond acceptors (Lipinski definition) is 3. The van der Waals surface area contributed by atoms with E-state index in [0.717, 1.165) is 0 Å². The van der Waals surface area contributed by atoms with Gasteiger partial charge in [0.2, 0.25) is 0 Å². The van der Waals surface area contributed by atoms with Gasteiger partial charge >= 0.3 is 7.82 Å². The largest absolute Gasteiger partial charge is 0.504 e. The Morgan fingerprint density at radius 3 is 2.78 bits per heavy atom. The normalized spacial score (nSPS) is 16.1. The second-order valence-electron chi connectivity index (χ2n) is 1.02. The molecule has 0 heterocycles. The topological polar surface area (TPSA) is 55.8 Å². The van der Waals surface area contributed by atoms with Crippen LogP contribution >= 0.6 is 7.82 Å². The highest BCUT2D eigenvalue weighted by atomic mass is 31.2. The number of terminal acetylenes is 1. The molecule has 0 aromatic rings. The second kappa shape index (κ2) is 3.59. The molecule has 1 N–H and O–H groups in total. The highest BCUT2D eigenvalue weighted by molar-refractivity contribution is 7.47. The smallest absolute Gasteiger partial charge is 0.301 e. The molecule has 0 aliphatic carbocycles. The minimum atomic E-state index is -4.50. The van der Waals surface area contributed by atoms with Crippen LogP contribution in [-0.4, -0.2) is 11.5 Å². The molecule has 0 radical (unpaired) electrons. The van der Waals surface area contributed by atoms with E-state index < -0.39 is 14.4 Å². The van der Waals surface area contributed by atoms with E-state index in [9.17, 15) is 9.09 Å². The Morgan fingerprint density at radius 2 is 2.44 bits per heavy atom. The van der Waals surface area contributed by atoms with E-state index in [4.69, 9.17) is 4.89 Å². The van der Waals surface area contributed by atoms with E-state index >= 15 is 0 Å². The average Bonchev–Trinajstić information content (AvgIpc) is 1.84. The van der Waals surface area contributed by atoms with Crippen LogP contribution in [0, 0.1) is 12.3 Å². The van der Waals surface area contributed by atoms with Crippen molar-refractivity contribution in [3.63, 3.8) is 0 Å². The number of phosphoric acid groups is 1. The molecular weight excluding hydrogens is 150 g/mol. The fourth-order valence-electron chi connectivity index (χ4n) is 0.139. The molecule has 6 heteroatoms. The summed E-state index contributed by atoms with van der Waals surface area (Å²) in [6, 6.07) is 0. The lowest BCUT2D eigenvalue weighted by Gasteiger charge is -2.00. The summed E-state index contributed by atoms with van der Waals surface area (Å²) >= 11 is 0. The minimum Gasteiger partial charge on any atom is -0.301 e. The third-order valence-corrected chi connectivity index (χ3v) is 1.03. The molecule has 0 fully saturated rings. The van der Waals surface area contributed by atoms with Crippen molar-refractivity contribution in [2.45, 2.75) is 0 Å². The number of halogens is 1. The van der Waals surface area contributed by atoms with Gasteiger partial charge in [-0.15, -0.1) is 6.42 Å². The zero-order valence-electron chi connectivity index (χ0n) is 4.28. The van der Waals surface area contributed by atoms with Crippen molar-refractivity contribution in [1.82, 2.24) is 0 Å². The molecule has 0 saturated heterocycles. The molecule has 52 valence electrons. The lowest BCUT2D eigenvalue weighted by Crippen LogP contribution is -1.88. The third-order valence-electron chi connectivity index (χ3n) is 0.398. The first-order valence-electron chi connectivity index (χ1n) is 1.83. The molecule has 0 aromatic heterocycles. The van der Waals surface area contributed by atoms with Crippen LogP contribution in [0.15, 0.2) is 0 Å². The van der Waals surface area contributed by atoms with Gasteiger partial charge in [0.05, 0.1) is 0 Å². The van der Waals surface area contributed by atoms with Crippen LogP contribution < -0.4 is 0 Å². The highest BCUT2D eigenvalue weighted by Crippen LogP contribution is 2.42. The quantitative estimate of drug-likeness (QED) is 0.478. The number of rotatable bonds is 3. The van der Waals surface area contributed by atoms with Gasteiger partial charge in [-0.1, -0.05) is 10.6 Å². The summed E-state index contributed by atoms with van der Waals surface area (Å²) in [6.45, 7) is -0.461. The maximum absolute atomic E-state index is 10.9. The molecule has 0 aliphatic rings. The molecule has 0 saturated carbocycles. The fraction of sp³-hybridized carbons (Fsp3) is 0.333. The van der Waals surface area contributed by atoms with Gasteiger partial charge in [0.25, 0.3) is 0 Å². The highest BCUT2D eigenvalue weighted by Gasteiger charge is 2.20. The van der Waals surface area contributed by atoms with E-state index in [1.165, 1.54) is 0 Å². The van der Waals surface area contributed by atoms with Crippen molar-refractivity contribution in [2.24, 2.45) is 0 Å². The van der Waals surface area contributed by atoms with E-state index in [0.29, 0.717) is 0 Å². The van der Waals surface area contributed by atoms with Crippen LogP contribution in [0.25, 0.3) is 0 Å². The summed E-state index contributed by atoms with van der Waals surface area (Å²) in [5.41, 5.74) is 0. The van der Waals surface area contributed by atoms with Gasteiger partial charge in [0.1, 0.15) is 6.61 Å². The first-order chi connectivity index (χ1) is 4.12. The molecule has 9 heavy (non-hydrogen) atoms. The van der Waals surface area contributed by atoms with Gasteiger partial charge in [-0.3, -0.25) is 4.52 Å². The zero-order valence-corrected chi connectivity index (χ0v) is 5.18. The summed E-state index contributed by atoms with van der Waals surface area (Å²) in [7, 11) is -4.50. The van der Waals surface area contributed by atoms with Crippen molar-refractivity contribution >= 4 is 7.82 Å². The first kappa shape index (κ1) is 8.60. The lowest BCUT2D eigenvalue weighted by atomic mass is 10.8. The Hall–Kier alpha value is -0.400. The van der Waals surface area contributed by atoms with Crippen LogP contribution in [0.5, 0.6) is 0 Å². The van der Waals surface area contributed by atoms with Crippen molar-refractivity contribution in [2.75, 3.05) is 6.61 Å². The van der Waals surface area contributed by atoms with Crippen LogP contribution in [0.1, 0.15) is 0 Å². The zero-order chi connectivity index (χ0) is 7.33. The number of phosphoric ester groups is 1. The lowest BCUT2D eigenvalue weighted by molar-refractivity contribution is -0.0456. The molecule has 0 amide bonds. The molecule has 1 atom stereocenters.